The van der Waals surface area contributed by atoms with Crippen molar-refractivity contribution in [2.24, 2.45) is 11.8 Å². The van der Waals surface area contributed by atoms with Gasteiger partial charge in [0, 0.05) is 30.7 Å². The molecule has 32 heavy (non-hydrogen) atoms. The summed E-state index contributed by atoms with van der Waals surface area (Å²) in [6.45, 7) is 10.6. The van der Waals surface area contributed by atoms with Gasteiger partial charge in [-0.1, -0.05) is 6.92 Å². The quantitative estimate of drug-likeness (QED) is 0.666. The Bertz CT molecular complexity index is 914. The summed E-state index contributed by atoms with van der Waals surface area (Å²) in [5.74, 6) is -0.938. The van der Waals surface area contributed by atoms with Crippen LogP contribution in [0.2, 0.25) is 0 Å². The zero-order valence-corrected chi connectivity index (χ0v) is 20.4. The van der Waals surface area contributed by atoms with Crippen molar-refractivity contribution in [3.05, 3.63) is 24.0 Å². The number of ether oxygens (including phenoxy) is 1. The smallest absolute Gasteiger partial charge is 0.227 e. The van der Waals surface area contributed by atoms with Crippen LogP contribution < -0.4 is 14.9 Å². The average Bonchev–Trinajstić information content (AvgIpc) is 2.70. The predicted molar refractivity (Wildman–Crippen MR) is 125 cm³/mol. The van der Waals surface area contributed by atoms with Gasteiger partial charge >= 0.3 is 0 Å². The van der Waals surface area contributed by atoms with Crippen LogP contribution in [0.25, 0.3) is 0 Å². The molecule has 1 heterocycles. The molecule has 5 atom stereocenters. The first-order valence-electron chi connectivity index (χ1n) is 11.5. The number of anilines is 2. The largest absolute Gasteiger partial charge is 0.372 e. The molecule has 0 bridgehead atoms. The minimum absolute atomic E-state index is 0.0190. The summed E-state index contributed by atoms with van der Waals surface area (Å²) in [6.07, 6.45) is 1.84. The van der Waals surface area contributed by atoms with E-state index in [1.165, 1.54) is 6.07 Å². The number of halogens is 1. The van der Waals surface area contributed by atoms with Crippen LogP contribution in [-0.4, -0.2) is 50.9 Å². The molecule has 1 saturated heterocycles. The number of hydrogen-bond donors (Lipinski definition) is 2. The molecule has 1 aromatic carbocycles. The Balaban J connectivity index is 1.59. The van der Waals surface area contributed by atoms with Crippen LogP contribution in [0.4, 0.5) is 15.8 Å². The van der Waals surface area contributed by atoms with E-state index in [4.69, 9.17) is 4.74 Å². The molecule has 1 aliphatic carbocycles. The Labute approximate surface area is 191 Å². The molecule has 2 aliphatic rings. The summed E-state index contributed by atoms with van der Waals surface area (Å²) in [5.41, 5.74) is 0.942. The highest BCUT2D eigenvalue weighted by Gasteiger charge is 2.34. The minimum atomic E-state index is -3.36. The molecule has 9 heteroatoms. The first kappa shape index (κ1) is 24.9. The van der Waals surface area contributed by atoms with E-state index >= 15 is 0 Å². The van der Waals surface area contributed by atoms with Crippen LogP contribution in [0.15, 0.2) is 18.2 Å². The minimum Gasteiger partial charge on any atom is -0.372 e. The van der Waals surface area contributed by atoms with E-state index < -0.39 is 21.1 Å². The van der Waals surface area contributed by atoms with Crippen molar-refractivity contribution in [3.8, 4) is 0 Å². The maximum absolute atomic E-state index is 14.8. The third-order valence-electron chi connectivity index (χ3n) is 6.47. The molecule has 0 aromatic heterocycles. The number of sulfonamides is 1. The molecule has 2 N–H and O–H groups in total. The van der Waals surface area contributed by atoms with Crippen LogP contribution in [-0.2, 0) is 19.6 Å². The van der Waals surface area contributed by atoms with Gasteiger partial charge in [0.2, 0.25) is 15.9 Å². The molecule has 3 unspecified atom stereocenters. The first-order chi connectivity index (χ1) is 15.0. The van der Waals surface area contributed by atoms with Crippen LogP contribution in [0.5, 0.6) is 0 Å². The Morgan fingerprint density at radius 2 is 1.81 bits per heavy atom. The molecule has 7 nitrogen and oxygen atoms in total. The van der Waals surface area contributed by atoms with Crippen LogP contribution in [0, 0.1) is 17.7 Å². The second-order valence-corrected chi connectivity index (χ2v) is 11.9. The van der Waals surface area contributed by atoms with Gasteiger partial charge in [-0.3, -0.25) is 4.79 Å². The summed E-state index contributed by atoms with van der Waals surface area (Å²) in [6, 6.07) is 4.71. The summed E-state index contributed by atoms with van der Waals surface area (Å²) < 4.78 is 47.6. The first-order valence-corrected chi connectivity index (χ1v) is 13.0. The number of amides is 1. The molecule has 0 radical (unpaired) electrons. The fourth-order valence-electron chi connectivity index (χ4n) is 4.58. The number of rotatable bonds is 6. The number of carbonyl (C=O) groups is 1. The molecular formula is C23H36FN3O4S. The Morgan fingerprint density at radius 1 is 1.16 bits per heavy atom. The van der Waals surface area contributed by atoms with Gasteiger partial charge < -0.3 is 15.0 Å². The van der Waals surface area contributed by atoms with E-state index in [1.807, 2.05) is 26.8 Å². The highest BCUT2D eigenvalue weighted by molar-refractivity contribution is 7.90. The van der Waals surface area contributed by atoms with Crippen molar-refractivity contribution >= 4 is 27.3 Å². The highest BCUT2D eigenvalue weighted by Crippen LogP contribution is 2.32. The topological polar surface area (TPSA) is 87.7 Å². The number of nitrogens with zero attached hydrogens (tertiary/aromatic N) is 1. The van der Waals surface area contributed by atoms with E-state index in [0.717, 1.165) is 5.69 Å². The lowest BCUT2D eigenvalue weighted by molar-refractivity contribution is -0.121. The van der Waals surface area contributed by atoms with E-state index in [2.05, 4.69) is 14.9 Å². The van der Waals surface area contributed by atoms with Gasteiger partial charge in [0.05, 0.1) is 23.1 Å². The van der Waals surface area contributed by atoms with E-state index in [-0.39, 0.29) is 41.7 Å². The molecule has 2 fully saturated rings. The summed E-state index contributed by atoms with van der Waals surface area (Å²) in [5, 5.41) is 2.24. The third-order valence-corrected chi connectivity index (χ3v) is 8.34. The van der Waals surface area contributed by atoms with Crippen molar-refractivity contribution < 1.29 is 22.3 Å². The Kier molecular flexibility index (Phi) is 7.83. The van der Waals surface area contributed by atoms with Gasteiger partial charge in [-0.15, -0.1) is 0 Å². The summed E-state index contributed by atoms with van der Waals surface area (Å²) >= 11 is 0. The van der Waals surface area contributed by atoms with E-state index in [0.29, 0.717) is 32.4 Å². The maximum atomic E-state index is 14.8. The zero-order chi connectivity index (χ0) is 23.6. The van der Waals surface area contributed by atoms with Crippen LogP contribution in [0.3, 0.4) is 0 Å². The third kappa shape index (κ3) is 5.99. The van der Waals surface area contributed by atoms with Crippen molar-refractivity contribution in [2.75, 3.05) is 23.3 Å². The van der Waals surface area contributed by atoms with Gasteiger partial charge in [-0.05, 0) is 71.1 Å². The van der Waals surface area contributed by atoms with E-state index in [1.54, 1.807) is 19.9 Å². The SMILES string of the molecule is CC1CC(C(=O)Nc2ccc(N3C[C@@H](C)O[C@@H](C)C3)cc2F)CCC1NS(=O)(=O)C(C)C. The fourth-order valence-corrected chi connectivity index (χ4v) is 5.63. The van der Waals surface area contributed by atoms with Crippen molar-refractivity contribution in [1.82, 2.24) is 4.72 Å². The lowest BCUT2D eigenvalue weighted by Gasteiger charge is -2.37. The molecular weight excluding hydrogens is 433 g/mol. The van der Waals surface area contributed by atoms with Gasteiger partial charge in [-0.25, -0.2) is 17.5 Å². The van der Waals surface area contributed by atoms with E-state index in [9.17, 15) is 17.6 Å². The summed E-state index contributed by atoms with van der Waals surface area (Å²) in [7, 11) is -3.36. The van der Waals surface area contributed by atoms with Gasteiger partial charge in [0.15, 0.2) is 0 Å². The maximum Gasteiger partial charge on any atom is 0.227 e. The lowest BCUT2D eigenvalue weighted by Crippen LogP contribution is -2.46. The molecule has 180 valence electrons. The number of nitrogens with one attached hydrogen (secondary N) is 2. The molecule has 1 aromatic rings. The predicted octanol–water partition coefficient (Wildman–Crippen LogP) is 3.51. The number of hydrogen-bond acceptors (Lipinski definition) is 5. The molecule has 1 aliphatic heterocycles. The second-order valence-electron chi connectivity index (χ2n) is 9.62. The van der Waals surface area contributed by atoms with Gasteiger partial charge in [-0.2, -0.15) is 0 Å². The van der Waals surface area contributed by atoms with Crippen LogP contribution in [0.1, 0.15) is 53.9 Å². The Morgan fingerprint density at radius 3 is 2.38 bits per heavy atom. The summed E-state index contributed by atoms with van der Waals surface area (Å²) in [4.78, 5) is 14.9. The fraction of sp³-hybridized carbons (Fsp3) is 0.696. The van der Waals surface area contributed by atoms with Crippen LogP contribution >= 0.6 is 0 Å². The lowest BCUT2D eigenvalue weighted by atomic mass is 9.79. The van der Waals surface area contributed by atoms with Gasteiger partial charge in [0.25, 0.3) is 0 Å². The highest BCUT2D eigenvalue weighted by atomic mass is 32.2. The normalized spacial score (nSPS) is 29.2. The molecule has 1 saturated carbocycles. The molecule has 0 spiro atoms. The monoisotopic (exact) mass is 469 g/mol. The Hall–Kier alpha value is -1.71. The number of carbonyl (C=O) groups excluding carboxylic acids is 1. The average molecular weight is 470 g/mol. The zero-order valence-electron chi connectivity index (χ0n) is 19.6. The standard InChI is InChI=1S/C23H36FN3O4S/c1-14(2)32(29,30)26-21-8-6-18(10-15(21)3)23(28)25-22-9-7-19(11-20(22)24)27-12-16(4)31-17(5)13-27/h7,9,11,14-18,21,26H,6,8,10,12-13H2,1-5H3,(H,25,28)/t15?,16-,17+,18?,21?. The van der Waals surface area contributed by atoms with Crippen molar-refractivity contribution in [1.29, 1.82) is 0 Å². The second kappa shape index (κ2) is 10.1. The van der Waals surface area contributed by atoms with Crippen molar-refractivity contribution in [3.63, 3.8) is 0 Å². The molecule has 1 amide bonds. The van der Waals surface area contributed by atoms with Crippen molar-refractivity contribution in [2.45, 2.75) is 77.4 Å². The number of benzene rings is 1. The van der Waals surface area contributed by atoms with Gasteiger partial charge in [0.1, 0.15) is 5.82 Å². The number of morpholine rings is 1. The molecule has 3 rings (SSSR count).